The van der Waals surface area contributed by atoms with Crippen LogP contribution in [0.25, 0.3) is 0 Å². The summed E-state index contributed by atoms with van der Waals surface area (Å²) in [5.41, 5.74) is 0.986. The lowest BCUT2D eigenvalue weighted by Gasteiger charge is -2.37. The van der Waals surface area contributed by atoms with Crippen LogP contribution in [0, 0.1) is 0 Å². The maximum atomic E-state index is 6.26. The van der Waals surface area contributed by atoms with Crippen LogP contribution in [0.5, 0.6) is 0 Å². The van der Waals surface area contributed by atoms with Gasteiger partial charge in [0, 0.05) is 39.3 Å². The van der Waals surface area contributed by atoms with Crippen LogP contribution >= 0.6 is 11.6 Å². The molecule has 19 heavy (non-hydrogen) atoms. The lowest BCUT2D eigenvalue weighted by molar-refractivity contribution is 0.0985. The largest absolute Gasteiger partial charge is 0.373 e. The highest BCUT2D eigenvalue weighted by Crippen LogP contribution is 2.24. The van der Waals surface area contributed by atoms with Gasteiger partial charge in [-0.2, -0.15) is 0 Å². The van der Waals surface area contributed by atoms with E-state index in [4.69, 9.17) is 11.6 Å². The lowest BCUT2D eigenvalue weighted by Crippen LogP contribution is -2.49. The molecule has 2 fully saturated rings. The smallest absolute Gasteiger partial charge is 0.126 e. The van der Waals surface area contributed by atoms with Crippen molar-refractivity contribution >= 4 is 17.4 Å². The molecule has 2 aliphatic rings. The highest BCUT2D eigenvalue weighted by Gasteiger charge is 2.30. The van der Waals surface area contributed by atoms with Crippen molar-refractivity contribution in [1.82, 2.24) is 14.8 Å². The van der Waals surface area contributed by atoms with Crippen molar-refractivity contribution in [2.45, 2.75) is 25.4 Å². The fourth-order valence-electron chi connectivity index (χ4n) is 3.15. The second kappa shape index (κ2) is 5.65. The highest BCUT2D eigenvalue weighted by molar-refractivity contribution is 6.31. The van der Waals surface area contributed by atoms with Gasteiger partial charge in [-0.15, -0.1) is 0 Å². The van der Waals surface area contributed by atoms with E-state index in [1.54, 1.807) is 0 Å². The summed E-state index contributed by atoms with van der Waals surface area (Å²) in [5, 5.41) is 3.84. The predicted octanol–water partition coefficient (Wildman–Crippen LogP) is 2.06. The minimum Gasteiger partial charge on any atom is -0.373 e. The quantitative estimate of drug-likeness (QED) is 0.918. The minimum atomic E-state index is 0.750. The number of rotatable bonds is 3. The van der Waals surface area contributed by atoms with Gasteiger partial charge in [-0.1, -0.05) is 11.6 Å². The van der Waals surface area contributed by atoms with Crippen LogP contribution in [0.4, 0.5) is 5.82 Å². The van der Waals surface area contributed by atoms with Gasteiger partial charge >= 0.3 is 0 Å². The summed E-state index contributed by atoms with van der Waals surface area (Å²) in [4.78, 5) is 9.68. The number of halogens is 1. The van der Waals surface area contributed by atoms with Crippen LogP contribution < -0.4 is 5.32 Å². The van der Waals surface area contributed by atoms with E-state index in [1.165, 1.54) is 25.9 Å². The summed E-state index contributed by atoms with van der Waals surface area (Å²) in [7, 11) is 1.89. The molecule has 1 unspecified atom stereocenters. The molecule has 1 aromatic rings. The van der Waals surface area contributed by atoms with Crippen molar-refractivity contribution in [3.63, 3.8) is 0 Å². The summed E-state index contributed by atoms with van der Waals surface area (Å²) >= 11 is 6.26. The van der Waals surface area contributed by atoms with E-state index in [2.05, 4.69) is 20.1 Å². The Morgan fingerprint density at radius 2 is 2.26 bits per heavy atom. The van der Waals surface area contributed by atoms with Gasteiger partial charge in [0.05, 0.1) is 10.7 Å². The molecule has 0 bridgehead atoms. The fourth-order valence-corrected chi connectivity index (χ4v) is 3.31. The van der Waals surface area contributed by atoms with Crippen molar-refractivity contribution in [2.24, 2.45) is 0 Å². The second-order valence-corrected chi connectivity index (χ2v) is 5.85. The van der Waals surface area contributed by atoms with Crippen molar-refractivity contribution in [3.8, 4) is 0 Å². The average Bonchev–Trinajstić information content (AvgIpc) is 2.89. The third-order valence-electron chi connectivity index (χ3n) is 4.22. The molecule has 104 valence electrons. The summed E-state index contributed by atoms with van der Waals surface area (Å²) in [6, 6.07) is 4.60. The van der Waals surface area contributed by atoms with Gasteiger partial charge in [-0.05, 0) is 31.5 Å². The van der Waals surface area contributed by atoms with E-state index in [1.807, 2.05) is 19.2 Å². The average molecular weight is 281 g/mol. The van der Waals surface area contributed by atoms with Crippen molar-refractivity contribution in [3.05, 3.63) is 22.8 Å². The number of anilines is 1. The zero-order valence-electron chi connectivity index (χ0n) is 11.4. The van der Waals surface area contributed by atoms with E-state index in [-0.39, 0.29) is 0 Å². The maximum absolute atomic E-state index is 6.26. The summed E-state index contributed by atoms with van der Waals surface area (Å²) < 4.78 is 0. The summed E-state index contributed by atoms with van der Waals surface area (Å²) in [6.07, 6.45) is 2.70. The van der Waals surface area contributed by atoms with E-state index in [0.717, 1.165) is 42.2 Å². The van der Waals surface area contributed by atoms with Gasteiger partial charge in [0.25, 0.3) is 0 Å². The first-order valence-corrected chi connectivity index (χ1v) is 7.43. The zero-order valence-corrected chi connectivity index (χ0v) is 12.2. The van der Waals surface area contributed by atoms with Gasteiger partial charge in [-0.3, -0.25) is 9.80 Å². The molecule has 0 amide bonds. The molecule has 3 rings (SSSR count). The van der Waals surface area contributed by atoms with Crippen LogP contribution in [-0.2, 0) is 6.54 Å². The van der Waals surface area contributed by atoms with E-state index >= 15 is 0 Å². The number of hydrogen-bond acceptors (Lipinski definition) is 4. The molecule has 5 heteroatoms. The Labute approximate surface area is 119 Å². The Morgan fingerprint density at radius 1 is 1.37 bits per heavy atom. The van der Waals surface area contributed by atoms with Crippen molar-refractivity contribution in [1.29, 1.82) is 0 Å². The molecule has 1 aromatic heterocycles. The molecule has 0 radical (unpaired) electrons. The molecule has 2 aliphatic heterocycles. The van der Waals surface area contributed by atoms with Crippen LogP contribution in [-0.4, -0.2) is 54.1 Å². The normalized spacial score (nSPS) is 24.4. The SMILES string of the molecule is CNc1ccc(Cl)c(CN2CCN3CCCC3C2)n1. The van der Waals surface area contributed by atoms with E-state index in [9.17, 15) is 0 Å². The van der Waals surface area contributed by atoms with Crippen molar-refractivity contribution < 1.29 is 0 Å². The minimum absolute atomic E-state index is 0.750. The van der Waals surface area contributed by atoms with Gasteiger partial charge in [0.15, 0.2) is 0 Å². The number of fused-ring (bicyclic) bond motifs is 1. The Hall–Kier alpha value is -0.840. The van der Waals surface area contributed by atoms with Crippen LogP contribution in [0.15, 0.2) is 12.1 Å². The molecule has 1 N–H and O–H groups in total. The van der Waals surface area contributed by atoms with E-state index < -0.39 is 0 Å². The van der Waals surface area contributed by atoms with E-state index in [0.29, 0.717) is 0 Å². The van der Waals surface area contributed by atoms with Crippen LogP contribution in [0.3, 0.4) is 0 Å². The molecule has 1 atom stereocenters. The standard InChI is InChI=1S/C14H21ClN4/c1-16-14-5-4-12(15)13(17-14)10-18-7-8-19-6-2-3-11(19)9-18/h4-5,11H,2-3,6-10H2,1H3,(H,16,17). The number of aromatic nitrogens is 1. The molecular formula is C14H21ClN4. The van der Waals surface area contributed by atoms with Gasteiger partial charge in [-0.25, -0.2) is 4.98 Å². The Balaban J connectivity index is 1.68. The summed E-state index contributed by atoms with van der Waals surface area (Å²) in [6.45, 7) is 5.61. The predicted molar refractivity (Wildman–Crippen MR) is 78.7 cm³/mol. The first-order valence-electron chi connectivity index (χ1n) is 7.06. The molecule has 0 saturated carbocycles. The van der Waals surface area contributed by atoms with Gasteiger partial charge < -0.3 is 5.32 Å². The Kier molecular flexibility index (Phi) is 3.91. The van der Waals surface area contributed by atoms with Crippen LogP contribution in [0.1, 0.15) is 18.5 Å². The number of nitrogens with one attached hydrogen (secondary N) is 1. The second-order valence-electron chi connectivity index (χ2n) is 5.44. The number of piperazine rings is 1. The molecule has 4 nitrogen and oxygen atoms in total. The van der Waals surface area contributed by atoms with Gasteiger partial charge in [0.2, 0.25) is 0 Å². The molecular weight excluding hydrogens is 260 g/mol. The maximum Gasteiger partial charge on any atom is 0.126 e. The molecule has 0 aliphatic carbocycles. The molecule has 3 heterocycles. The number of hydrogen-bond donors (Lipinski definition) is 1. The zero-order chi connectivity index (χ0) is 13.2. The third-order valence-corrected chi connectivity index (χ3v) is 4.56. The third kappa shape index (κ3) is 2.86. The van der Waals surface area contributed by atoms with Crippen LogP contribution in [0.2, 0.25) is 5.02 Å². The highest BCUT2D eigenvalue weighted by atomic mass is 35.5. The first-order chi connectivity index (χ1) is 9.26. The Morgan fingerprint density at radius 3 is 3.11 bits per heavy atom. The fraction of sp³-hybridized carbons (Fsp3) is 0.643. The number of pyridine rings is 1. The topological polar surface area (TPSA) is 31.4 Å². The summed E-state index contributed by atoms with van der Waals surface area (Å²) in [5.74, 6) is 0.888. The molecule has 0 spiro atoms. The first kappa shape index (κ1) is 13.2. The van der Waals surface area contributed by atoms with Crippen molar-refractivity contribution in [2.75, 3.05) is 38.5 Å². The number of nitrogens with zero attached hydrogens (tertiary/aromatic N) is 3. The lowest BCUT2D eigenvalue weighted by atomic mass is 10.1. The monoisotopic (exact) mass is 280 g/mol. The molecule has 2 saturated heterocycles. The van der Waals surface area contributed by atoms with Gasteiger partial charge in [0.1, 0.15) is 5.82 Å². The molecule has 0 aromatic carbocycles. The Bertz CT molecular complexity index is 451.